The fraction of sp³-hybridized carbons (Fsp3) is 0.346. The normalized spacial score (nSPS) is 18.6. The van der Waals surface area contributed by atoms with Crippen LogP contribution in [0.2, 0.25) is 0 Å². The first-order chi connectivity index (χ1) is 17.1. The van der Waals surface area contributed by atoms with Gasteiger partial charge in [-0.2, -0.15) is 0 Å². The quantitative estimate of drug-likeness (QED) is 0.437. The number of halogens is 1. The van der Waals surface area contributed by atoms with E-state index < -0.39 is 6.36 Å². The average Bonchev–Trinajstić information content (AvgIpc) is 3.44. The Bertz CT molecular complexity index is 1420. The molecule has 0 aliphatic carbocycles. The molecular formula is C26H26FN5O3. The van der Waals surface area contributed by atoms with Crippen molar-refractivity contribution in [1.29, 1.82) is 0 Å². The van der Waals surface area contributed by atoms with E-state index in [0.717, 1.165) is 41.7 Å². The molecule has 0 bridgehead atoms. The van der Waals surface area contributed by atoms with Crippen LogP contribution in [-0.2, 0) is 11.3 Å². The van der Waals surface area contributed by atoms with Gasteiger partial charge in [0.2, 0.25) is 12.3 Å². The molecule has 0 N–H and O–H groups in total. The lowest BCUT2D eigenvalue weighted by Crippen LogP contribution is -2.37. The maximum Gasteiger partial charge on any atom is 0.274 e. The Kier molecular flexibility index (Phi) is 5.49. The van der Waals surface area contributed by atoms with Gasteiger partial charge in [-0.05, 0) is 30.2 Å². The van der Waals surface area contributed by atoms with Gasteiger partial charge in [-0.25, -0.2) is 19.0 Å². The van der Waals surface area contributed by atoms with E-state index in [1.807, 2.05) is 53.5 Å². The van der Waals surface area contributed by atoms with Crippen LogP contribution in [-0.4, -0.2) is 52.0 Å². The molecule has 9 heteroatoms. The van der Waals surface area contributed by atoms with Gasteiger partial charge in [-0.1, -0.05) is 24.3 Å². The van der Waals surface area contributed by atoms with Crippen LogP contribution in [0.15, 0.2) is 59.7 Å². The number of hydrogen-bond acceptors (Lipinski definition) is 6. The second-order valence-corrected chi connectivity index (χ2v) is 8.88. The van der Waals surface area contributed by atoms with E-state index >= 15 is 0 Å². The number of nitrogens with zero attached hydrogens (tertiary/aromatic N) is 5. The molecule has 6 rings (SSSR count). The Hall–Kier alpha value is -3.72. The predicted molar refractivity (Wildman–Crippen MR) is 131 cm³/mol. The van der Waals surface area contributed by atoms with Gasteiger partial charge >= 0.3 is 0 Å². The average molecular weight is 476 g/mol. The van der Waals surface area contributed by atoms with E-state index in [1.54, 1.807) is 10.7 Å². The van der Waals surface area contributed by atoms with Gasteiger partial charge in [0.25, 0.3) is 5.56 Å². The summed E-state index contributed by atoms with van der Waals surface area (Å²) in [5.74, 6) is 1.19. The molecule has 0 amide bonds. The molecular weight excluding hydrogens is 449 g/mol. The summed E-state index contributed by atoms with van der Waals surface area (Å²) in [6.07, 6.45) is 2.95. The second kappa shape index (κ2) is 8.81. The van der Waals surface area contributed by atoms with Gasteiger partial charge in [0.05, 0.1) is 30.2 Å². The standard InChI is InChI=1S/C26H26FN5O3/c1-17(27)35-24-5-3-2-4-20(24)22-8-9-31-25(33)21-7-6-18(14-23(21)32(22)31)19-15-28-26(29-16-19)30-10-12-34-13-11-30/h2-7,14-17,22H,8-13H2,1H3/t17?,22-/m0/s1. The monoisotopic (exact) mass is 475 g/mol. The molecule has 2 aliphatic heterocycles. The van der Waals surface area contributed by atoms with Gasteiger partial charge < -0.3 is 14.4 Å². The Morgan fingerprint density at radius 1 is 1.06 bits per heavy atom. The van der Waals surface area contributed by atoms with E-state index in [4.69, 9.17) is 9.47 Å². The van der Waals surface area contributed by atoms with Crippen molar-refractivity contribution in [2.45, 2.75) is 32.3 Å². The van der Waals surface area contributed by atoms with Crippen LogP contribution >= 0.6 is 0 Å². The van der Waals surface area contributed by atoms with Gasteiger partial charge in [-0.3, -0.25) is 9.48 Å². The van der Waals surface area contributed by atoms with Crippen molar-refractivity contribution in [2.75, 3.05) is 31.2 Å². The van der Waals surface area contributed by atoms with Crippen LogP contribution in [0.5, 0.6) is 5.75 Å². The summed E-state index contributed by atoms with van der Waals surface area (Å²) in [6, 6.07) is 13.1. The first-order valence-corrected chi connectivity index (χ1v) is 11.9. The summed E-state index contributed by atoms with van der Waals surface area (Å²) in [6.45, 7) is 4.86. The number of morpholine rings is 1. The molecule has 4 aromatic rings. The molecule has 2 atom stereocenters. The van der Waals surface area contributed by atoms with E-state index in [2.05, 4.69) is 14.9 Å². The number of aromatic nitrogens is 4. The van der Waals surface area contributed by atoms with Crippen molar-refractivity contribution in [2.24, 2.45) is 0 Å². The molecule has 1 unspecified atom stereocenters. The molecule has 35 heavy (non-hydrogen) atoms. The smallest absolute Gasteiger partial charge is 0.274 e. The molecule has 2 aromatic carbocycles. The number of fused-ring (bicyclic) bond motifs is 3. The van der Waals surface area contributed by atoms with Gasteiger partial charge in [0.15, 0.2) is 0 Å². The minimum atomic E-state index is -1.42. The van der Waals surface area contributed by atoms with E-state index in [9.17, 15) is 9.18 Å². The van der Waals surface area contributed by atoms with Crippen molar-refractivity contribution in [3.63, 3.8) is 0 Å². The van der Waals surface area contributed by atoms with Gasteiger partial charge in [0.1, 0.15) is 5.75 Å². The van der Waals surface area contributed by atoms with Crippen molar-refractivity contribution < 1.29 is 13.9 Å². The first kappa shape index (κ1) is 21.8. The molecule has 180 valence electrons. The molecule has 0 radical (unpaired) electrons. The topological polar surface area (TPSA) is 74.4 Å². The number of anilines is 1. The molecule has 2 aliphatic rings. The van der Waals surface area contributed by atoms with Gasteiger partial charge in [-0.15, -0.1) is 0 Å². The lowest BCUT2D eigenvalue weighted by Gasteiger charge is -2.26. The lowest BCUT2D eigenvalue weighted by molar-refractivity contribution is 0.0843. The highest BCUT2D eigenvalue weighted by Gasteiger charge is 2.30. The Morgan fingerprint density at radius 3 is 2.60 bits per heavy atom. The number of benzene rings is 2. The zero-order chi connectivity index (χ0) is 23.9. The minimum Gasteiger partial charge on any atom is -0.460 e. The first-order valence-electron chi connectivity index (χ1n) is 11.9. The summed E-state index contributed by atoms with van der Waals surface area (Å²) >= 11 is 0. The highest BCUT2D eigenvalue weighted by molar-refractivity contribution is 5.84. The van der Waals surface area contributed by atoms with Crippen LogP contribution < -0.4 is 15.2 Å². The minimum absolute atomic E-state index is 0.0229. The summed E-state index contributed by atoms with van der Waals surface area (Å²) in [4.78, 5) is 24.4. The zero-order valence-corrected chi connectivity index (χ0v) is 19.4. The fourth-order valence-corrected chi connectivity index (χ4v) is 5.08. The van der Waals surface area contributed by atoms with Crippen LogP contribution in [0.25, 0.3) is 22.0 Å². The van der Waals surface area contributed by atoms with Crippen molar-refractivity contribution in [3.8, 4) is 16.9 Å². The lowest BCUT2D eigenvalue weighted by atomic mass is 10.0. The molecule has 0 saturated carbocycles. The second-order valence-electron chi connectivity index (χ2n) is 8.88. The summed E-state index contributed by atoms with van der Waals surface area (Å²) < 4.78 is 28.3. The molecule has 4 heterocycles. The van der Waals surface area contributed by atoms with E-state index in [0.29, 0.717) is 36.8 Å². The predicted octanol–water partition coefficient (Wildman–Crippen LogP) is 3.78. The highest BCUT2D eigenvalue weighted by Crippen LogP contribution is 2.37. The third-order valence-electron chi connectivity index (χ3n) is 6.71. The summed E-state index contributed by atoms with van der Waals surface area (Å²) in [5.41, 5.74) is 3.48. The van der Waals surface area contributed by atoms with E-state index in [-0.39, 0.29) is 11.6 Å². The third-order valence-corrected chi connectivity index (χ3v) is 6.71. The number of para-hydroxylation sites is 1. The number of ether oxygens (including phenoxy) is 2. The number of hydrogen-bond donors (Lipinski definition) is 0. The number of rotatable bonds is 5. The van der Waals surface area contributed by atoms with Gasteiger partial charge in [0, 0.05) is 50.1 Å². The maximum atomic E-state index is 13.7. The largest absolute Gasteiger partial charge is 0.460 e. The number of alkyl halides is 1. The van der Waals surface area contributed by atoms with Crippen molar-refractivity contribution >= 4 is 16.9 Å². The van der Waals surface area contributed by atoms with E-state index in [1.165, 1.54) is 6.92 Å². The summed E-state index contributed by atoms with van der Waals surface area (Å²) in [7, 11) is 0. The zero-order valence-electron chi connectivity index (χ0n) is 19.4. The Morgan fingerprint density at radius 2 is 1.83 bits per heavy atom. The van der Waals surface area contributed by atoms with Crippen LogP contribution in [0.1, 0.15) is 24.9 Å². The van der Waals surface area contributed by atoms with Crippen molar-refractivity contribution in [3.05, 3.63) is 70.8 Å². The highest BCUT2D eigenvalue weighted by atomic mass is 19.1. The molecule has 2 aromatic heterocycles. The molecule has 1 fully saturated rings. The van der Waals surface area contributed by atoms with Crippen LogP contribution in [0.3, 0.4) is 0 Å². The Labute approximate surface area is 201 Å². The van der Waals surface area contributed by atoms with Crippen LogP contribution in [0.4, 0.5) is 10.3 Å². The molecule has 1 saturated heterocycles. The van der Waals surface area contributed by atoms with Crippen molar-refractivity contribution in [1.82, 2.24) is 19.3 Å². The Balaban J connectivity index is 1.40. The third kappa shape index (κ3) is 3.85. The SMILES string of the molecule is CC(F)Oc1ccccc1[C@@H]1CCn2c(=O)c3ccc(-c4cnc(N5CCOCC5)nc4)cc3n21. The van der Waals surface area contributed by atoms with Crippen LogP contribution in [0, 0.1) is 0 Å². The molecule has 8 nitrogen and oxygen atoms in total. The summed E-state index contributed by atoms with van der Waals surface area (Å²) in [5, 5.41) is 0.654. The fourth-order valence-electron chi connectivity index (χ4n) is 5.08. The maximum absolute atomic E-state index is 13.7. The molecule has 0 spiro atoms.